The summed E-state index contributed by atoms with van der Waals surface area (Å²) in [5, 5.41) is 12.6. The van der Waals surface area contributed by atoms with Gasteiger partial charge in [0.05, 0.1) is 26.2 Å². The number of phenolic OH excluding ortho intramolecular Hbond substituents is 1. The quantitative estimate of drug-likeness (QED) is 0.720. The molecular weight excluding hydrogens is 350 g/mol. The first-order valence-electron chi connectivity index (χ1n) is 10.3. The van der Waals surface area contributed by atoms with Crippen molar-refractivity contribution in [2.24, 2.45) is 0 Å². The van der Waals surface area contributed by atoms with Crippen molar-refractivity contribution in [2.45, 2.75) is 39.2 Å². The predicted octanol–water partition coefficient (Wildman–Crippen LogP) is 2.64. The van der Waals surface area contributed by atoms with E-state index in [1.165, 1.54) is 10.5 Å². The number of hydrogen-bond acceptors (Lipinski definition) is 3. The second-order valence-corrected chi connectivity index (χ2v) is 7.77. The van der Waals surface area contributed by atoms with Gasteiger partial charge in [-0.1, -0.05) is 32.0 Å². The molecule has 5 heteroatoms. The zero-order chi connectivity index (χ0) is 20.1. The van der Waals surface area contributed by atoms with Gasteiger partial charge in [0.1, 0.15) is 5.75 Å². The molecule has 150 valence electrons. The highest BCUT2D eigenvalue weighted by molar-refractivity contribution is 5.94. The van der Waals surface area contributed by atoms with Crippen molar-refractivity contribution >= 4 is 17.3 Å². The average molecular weight is 383 g/mol. The van der Waals surface area contributed by atoms with Gasteiger partial charge in [-0.05, 0) is 55.2 Å². The molecule has 0 unspecified atom stereocenters. The molecule has 1 fully saturated rings. The van der Waals surface area contributed by atoms with Crippen molar-refractivity contribution in [3.8, 4) is 5.75 Å². The molecule has 3 rings (SSSR count). The summed E-state index contributed by atoms with van der Waals surface area (Å²) in [6.45, 7) is 10.0. The van der Waals surface area contributed by atoms with Gasteiger partial charge in [0, 0.05) is 11.4 Å². The van der Waals surface area contributed by atoms with Crippen molar-refractivity contribution in [3.63, 3.8) is 0 Å². The third-order valence-electron chi connectivity index (χ3n) is 5.99. The number of carbonyl (C=O) groups excluding carboxylic acids is 1. The molecule has 1 aliphatic heterocycles. The number of nitrogens with one attached hydrogen (secondary N) is 2. The zero-order valence-electron chi connectivity index (χ0n) is 17.1. The molecule has 3 N–H and O–H groups in total. The summed E-state index contributed by atoms with van der Waals surface area (Å²) in [4.78, 5) is 16.5. The Morgan fingerprint density at radius 1 is 1.11 bits per heavy atom. The van der Waals surface area contributed by atoms with Crippen LogP contribution in [0.25, 0.3) is 0 Å². The highest BCUT2D eigenvalue weighted by Crippen LogP contribution is 2.26. The number of carbonyl (C=O) groups is 1. The van der Waals surface area contributed by atoms with Crippen LogP contribution in [0.4, 0.5) is 11.4 Å². The molecule has 0 radical (unpaired) electrons. The van der Waals surface area contributed by atoms with Gasteiger partial charge in [-0.3, -0.25) is 4.79 Å². The van der Waals surface area contributed by atoms with E-state index in [0.717, 1.165) is 44.0 Å². The molecule has 1 heterocycles. The van der Waals surface area contributed by atoms with Gasteiger partial charge in [-0.25, -0.2) is 0 Å². The standard InChI is InChI=1S/C23H31N3O2/c1-4-17(2)21-7-5-6-8-22(21)24-23(28)18(3)25-13-15-26(16-14-25)19-9-11-20(27)12-10-19/h5-12,17-18,27H,4,13-16H2,1-3H3,(H,24,28)/p+1/t17-,18-/m0/s1. The Kier molecular flexibility index (Phi) is 6.57. The summed E-state index contributed by atoms with van der Waals surface area (Å²) in [6.07, 6.45) is 1.05. The number of rotatable bonds is 6. The van der Waals surface area contributed by atoms with Crippen molar-refractivity contribution in [2.75, 3.05) is 36.4 Å². The lowest BCUT2D eigenvalue weighted by Gasteiger charge is -2.36. The summed E-state index contributed by atoms with van der Waals surface area (Å²) in [5.41, 5.74) is 3.27. The molecule has 0 aliphatic carbocycles. The minimum Gasteiger partial charge on any atom is -0.508 e. The number of para-hydroxylation sites is 1. The number of benzene rings is 2. The summed E-state index contributed by atoms with van der Waals surface area (Å²) in [5.74, 6) is 0.799. The molecule has 2 aromatic carbocycles. The molecule has 0 bridgehead atoms. The molecule has 2 atom stereocenters. The van der Waals surface area contributed by atoms with E-state index in [1.807, 2.05) is 37.3 Å². The second kappa shape index (κ2) is 9.11. The molecule has 1 amide bonds. The number of phenols is 1. The Hall–Kier alpha value is -2.53. The van der Waals surface area contributed by atoms with Gasteiger partial charge in [-0.2, -0.15) is 0 Å². The summed E-state index contributed by atoms with van der Waals surface area (Å²) >= 11 is 0. The van der Waals surface area contributed by atoms with Crippen LogP contribution < -0.4 is 15.1 Å². The predicted molar refractivity (Wildman–Crippen MR) is 114 cm³/mol. The topological polar surface area (TPSA) is 57.0 Å². The van der Waals surface area contributed by atoms with E-state index < -0.39 is 0 Å². The van der Waals surface area contributed by atoms with Gasteiger partial charge in [0.15, 0.2) is 6.04 Å². The van der Waals surface area contributed by atoms with E-state index in [0.29, 0.717) is 5.92 Å². The molecule has 28 heavy (non-hydrogen) atoms. The van der Waals surface area contributed by atoms with Crippen LogP contribution in [-0.2, 0) is 4.79 Å². The van der Waals surface area contributed by atoms with Crippen molar-refractivity contribution in [3.05, 3.63) is 54.1 Å². The van der Waals surface area contributed by atoms with Gasteiger partial charge in [0.2, 0.25) is 0 Å². The smallest absolute Gasteiger partial charge is 0.282 e. The maximum atomic E-state index is 12.9. The number of piperazine rings is 1. The highest BCUT2D eigenvalue weighted by atomic mass is 16.3. The summed E-state index contributed by atoms with van der Waals surface area (Å²) in [7, 11) is 0. The molecule has 5 nitrogen and oxygen atoms in total. The molecule has 2 aromatic rings. The van der Waals surface area contributed by atoms with E-state index in [-0.39, 0.29) is 17.7 Å². The van der Waals surface area contributed by atoms with Gasteiger partial charge >= 0.3 is 0 Å². The van der Waals surface area contributed by atoms with Crippen LogP contribution in [0, 0.1) is 0 Å². The van der Waals surface area contributed by atoms with E-state index in [4.69, 9.17) is 0 Å². The fourth-order valence-corrected chi connectivity index (χ4v) is 3.84. The molecule has 1 saturated heterocycles. The Bertz CT molecular complexity index is 783. The van der Waals surface area contributed by atoms with Gasteiger partial charge < -0.3 is 20.2 Å². The Morgan fingerprint density at radius 2 is 1.75 bits per heavy atom. The second-order valence-electron chi connectivity index (χ2n) is 7.77. The summed E-state index contributed by atoms with van der Waals surface area (Å²) < 4.78 is 0. The van der Waals surface area contributed by atoms with E-state index in [1.54, 1.807) is 12.1 Å². The van der Waals surface area contributed by atoms with Crippen LogP contribution in [0.3, 0.4) is 0 Å². The monoisotopic (exact) mass is 382 g/mol. The molecule has 1 aliphatic rings. The lowest BCUT2D eigenvalue weighted by Crippen LogP contribution is -3.19. The Labute approximate surface area is 168 Å². The van der Waals surface area contributed by atoms with Crippen LogP contribution in [0.1, 0.15) is 38.7 Å². The van der Waals surface area contributed by atoms with Crippen molar-refractivity contribution in [1.82, 2.24) is 0 Å². The summed E-state index contributed by atoms with van der Waals surface area (Å²) in [6, 6.07) is 15.4. The number of aromatic hydroxyl groups is 1. The van der Waals surface area contributed by atoms with Crippen LogP contribution in [0.5, 0.6) is 5.75 Å². The lowest BCUT2D eigenvalue weighted by molar-refractivity contribution is -0.914. The molecule has 0 spiro atoms. The van der Waals surface area contributed by atoms with Gasteiger partial charge in [0.25, 0.3) is 5.91 Å². The average Bonchev–Trinajstić information content (AvgIpc) is 2.73. The van der Waals surface area contributed by atoms with Crippen molar-refractivity contribution in [1.29, 1.82) is 0 Å². The maximum Gasteiger partial charge on any atom is 0.282 e. The fourth-order valence-electron chi connectivity index (χ4n) is 3.84. The van der Waals surface area contributed by atoms with Crippen LogP contribution in [0.2, 0.25) is 0 Å². The van der Waals surface area contributed by atoms with Crippen LogP contribution in [0.15, 0.2) is 48.5 Å². The maximum absolute atomic E-state index is 12.9. The largest absolute Gasteiger partial charge is 0.508 e. The van der Waals surface area contributed by atoms with E-state index >= 15 is 0 Å². The fraction of sp³-hybridized carbons (Fsp3) is 0.435. The first kappa shape index (κ1) is 20.2. The minimum atomic E-state index is -0.0908. The van der Waals surface area contributed by atoms with Crippen molar-refractivity contribution < 1.29 is 14.8 Å². The normalized spacial score (nSPS) is 17.2. The van der Waals surface area contributed by atoms with Crippen LogP contribution >= 0.6 is 0 Å². The number of quaternary nitrogens is 1. The SMILES string of the molecule is CC[C@H](C)c1ccccc1NC(=O)[C@H](C)[NH+]1CCN(c2ccc(O)cc2)CC1. The first-order valence-corrected chi connectivity index (χ1v) is 10.3. The highest BCUT2D eigenvalue weighted by Gasteiger charge is 2.29. The third-order valence-corrected chi connectivity index (χ3v) is 5.99. The Balaban J connectivity index is 1.58. The molecular formula is C23H32N3O2+. The number of amides is 1. The van der Waals surface area contributed by atoms with E-state index in [2.05, 4.69) is 30.1 Å². The Morgan fingerprint density at radius 3 is 2.39 bits per heavy atom. The minimum absolute atomic E-state index is 0.0869. The lowest BCUT2D eigenvalue weighted by atomic mass is 9.97. The van der Waals surface area contributed by atoms with E-state index in [9.17, 15) is 9.90 Å². The van der Waals surface area contributed by atoms with Gasteiger partial charge in [-0.15, -0.1) is 0 Å². The zero-order valence-corrected chi connectivity index (χ0v) is 17.1. The number of hydrogen-bond donors (Lipinski definition) is 3. The molecule has 0 saturated carbocycles. The number of anilines is 2. The third kappa shape index (κ3) is 4.65. The molecule has 0 aromatic heterocycles. The van der Waals surface area contributed by atoms with Crippen LogP contribution in [-0.4, -0.2) is 43.2 Å². The first-order chi connectivity index (χ1) is 13.5. The number of nitrogens with zero attached hydrogens (tertiary/aromatic N) is 1.